The summed E-state index contributed by atoms with van der Waals surface area (Å²) in [4.78, 5) is 14.7. The van der Waals surface area contributed by atoms with Gasteiger partial charge in [0.25, 0.3) is 0 Å². The second kappa shape index (κ2) is 9.45. The van der Waals surface area contributed by atoms with E-state index in [0.29, 0.717) is 11.3 Å². The number of phenolic OH excluding ortho intramolecular Hbond substituents is 1. The van der Waals surface area contributed by atoms with Gasteiger partial charge < -0.3 is 15.0 Å². The van der Waals surface area contributed by atoms with E-state index < -0.39 is 11.8 Å². The van der Waals surface area contributed by atoms with E-state index in [4.69, 9.17) is 0 Å². The van der Waals surface area contributed by atoms with Crippen molar-refractivity contribution in [1.82, 2.24) is 0 Å². The Morgan fingerprint density at radius 1 is 1.09 bits per heavy atom. The van der Waals surface area contributed by atoms with Crippen LogP contribution in [0.1, 0.15) is 24.0 Å². The van der Waals surface area contributed by atoms with Gasteiger partial charge in [-0.05, 0) is 37.1 Å². The van der Waals surface area contributed by atoms with Crippen LogP contribution >= 0.6 is 0 Å². The van der Waals surface area contributed by atoms with Gasteiger partial charge in [0.15, 0.2) is 0 Å². The maximum atomic E-state index is 14.0. The van der Waals surface area contributed by atoms with Crippen LogP contribution in [0.2, 0.25) is 0 Å². The smallest absolute Gasteiger partial charge is 0.550 e. The summed E-state index contributed by atoms with van der Waals surface area (Å²) in [6, 6.07) is 12.6. The third kappa shape index (κ3) is 5.46. The SMILES string of the molecule is O=C([O-])CCCN=C(c1ccccc1O)c1ccccc1F.[Na+]. The zero-order valence-corrected chi connectivity index (χ0v) is 14.8. The molecule has 2 rings (SSSR count). The number of benzene rings is 2. The quantitative estimate of drug-likeness (QED) is 0.417. The number of carboxylic acids is 1. The van der Waals surface area contributed by atoms with E-state index in [-0.39, 0.29) is 60.3 Å². The molecule has 0 amide bonds. The van der Waals surface area contributed by atoms with Crippen LogP contribution < -0.4 is 34.7 Å². The van der Waals surface area contributed by atoms with E-state index in [1.807, 2.05) is 0 Å². The minimum absolute atomic E-state index is 0. The zero-order chi connectivity index (χ0) is 15.9. The molecular weight excluding hydrogens is 308 g/mol. The Bertz CT molecular complexity index is 656. The number of nitrogens with zero attached hydrogens (tertiary/aromatic N) is 1. The standard InChI is InChI=1S/C17H16FNO3.Na/c18-14-8-3-1-6-12(14)17(19-11-5-10-16(21)22)13-7-2-4-9-15(13)20;/h1-4,6-9,20H,5,10-11H2,(H,21,22);/q;+1/p-1. The fourth-order valence-electron chi connectivity index (χ4n) is 2.06. The largest absolute Gasteiger partial charge is 1.00 e. The fourth-order valence-corrected chi connectivity index (χ4v) is 2.06. The molecule has 23 heavy (non-hydrogen) atoms. The Balaban J connectivity index is 0.00000264. The van der Waals surface area contributed by atoms with Gasteiger partial charge >= 0.3 is 29.6 Å². The van der Waals surface area contributed by atoms with E-state index in [0.717, 1.165) is 0 Å². The molecule has 0 aliphatic heterocycles. The third-order valence-electron chi connectivity index (χ3n) is 3.10. The van der Waals surface area contributed by atoms with Crippen molar-refractivity contribution in [3.05, 3.63) is 65.5 Å². The maximum absolute atomic E-state index is 14.0. The summed E-state index contributed by atoms with van der Waals surface area (Å²) in [6.45, 7) is 0.200. The predicted octanol–water partition coefficient (Wildman–Crippen LogP) is -1.10. The summed E-state index contributed by atoms with van der Waals surface area (Å²) >= 11 is 0. The van der Waals surface area contributed by atoms with Crippen molar-refractivity contribution in [3.8, 4) is 5.75 Å². The molecule has 2 aromatic carbocycles. The van der Waals surface area contributed by atoms with E-state index >= 15 is 0 Å². The van der Waals surface area contributed by atoms with Crippen molar-refractivity contribution in [2.24, 2.45) is 4.99 Å². The summed E-state index contributed by atoms with van der Waals surface area (Å²) in [5.41, 5.74) is 0.966. The Kier molecular flexibility index (Phi) is 7.95. The van der Waals surface area contributed by atoms with Crippen molar-refractivity contribution in [3.63, 3.8) is 0 Å². The molecule has 0 radical (unpaired) electrons. The maximum Gasteiger partial charge on any atom is 1.00 e. The van der Waals surface area contributed by atoms with Crippen LogP contribution in [-0.2, 0) is 4.79 Å². The average molecular weight is 323 g/mol. The summed E-state index contributed by atoms with van der Waals surface area (Å²) < 4.78 is 14.0. The van der Waals surface area contributed by atoms with Gasteiger partial charge in [0.2, 0.25) is 0 Å². The molecule has 0 spiro atoms. The van der Waals surface area contributed by atoms with E-state index in [1.165, 1.54) is 12.1 Å². The minimum atomic E-state index is -1.15. The number of rotatable bonds is 6. The number of aromatic hydroxyl groups is 1. The molecular formula is C17H15FNNaO3. The van der Waals surface area contributed by atoms with Gasteiger partial charge in [0, 0.05) is 23.6 Å². The van der Waals surface area contributed by atoms with Gasteiger partial charge in [-0.2, -0.15) is 0 Å². The second-order valence-corrected chi connectivity index (χ2v) is 4.70. The normalized spacial score (nSPS) is 10.9. The van der Waals surface area contributed by atoms with Crippen molar-refractivity contribution < 1.29 is 49.0 Å². The molecule has 0 saturated carbocycles. The first-order valence-electron chi connectivity index (χ1n) is 6.87. The fraction of sp³-hybridized carbons (Fsp3) is 0.176. The number of hydrogen-bond donors (Lipinski definition) is 1. The molecule has 0 heterocycles. The summed E-state index contributed by atoms with van der Waals surface area (Å²) in [5, 5.41) is 20.4. The second-order valence-electron chi connectivity index (χ2n) is 4.70. The zero-order valence-electron chi connectivity index (χ0n) is 12.8. The number of hydrogen-bond acceptors (Lipinski definition) is 4. The van der Waals surface area contributed by atoms with Crippen LogP contribution in [0.25, 0.3) is 0 Å². The van der Waals surface area contributed by atoms with E-state index in [2.05, 4.69) is 4.99 Å². The van der Waals surface area contributed by atoms with Gasteiger partial charge in [0.1, 0.15) is 11.6 Å². The Labute approximate surface area is 156 Å². The topological polar surface area (TPSA) is 72.7 Å². The molecule has 0 aromatic heterocycles. The van der Waals surface area contributed by atoms with Crippen molar-refractivity contribution in [1.29, 1.82) is 0 Å². The minimum Gasteiger partial charge on any atom is -0.550 e. The molecule has 0 bridgehead atoms. The van der Waals surface area contributed by atoms with Gasteiger partial charge in [-0.15, -0.1) is 0 Å². The number of halogens is 1. The summed E-state index contributed by atoms with van der Waals surface area (Å²) in [6.07, 6.45) is 0.169. The van der Waals surface area contributed by atoms with Crippen LogP contribution in [0.5, 0.6) is 5.75 Å². The molecule has 4 nitrogen and oxygen atoms in total. The summed E-state index contributed by atoms with van der Waals surface area (Å²) in [5.74, 6) is -1.61. The molecule has 0 unspecified atom stereocenters. The average Bonchev–Trinajstić information content (AvgIpc) is 2.49. The molecule has 2 aromatic rings. The molecule has 0 atom stereocenters. The van der Waals surface area contributed by atoms with Crippen LogP contribution in [-0.4, -0.2) is 23.3 Å². The first kappa shape index (κ1) is 19.4. The van der Waals surface area contributed by atoms with Crippen LogP contribution in [0.15, 0.2) is 53.5 Å². The Hall–Kier alpha value is -1.69. The van der Waals surface area contributed by atoms with Crippen molar-refractivity contribution in [2.75, 3.05) is 6.54 Å². The van der Waals surface area contributed by atoms with Crippen LogP contribution in [0.3, 0.4) is 0 Å². The van der Waals surface area contributed by atoms with Crippen LogP contribution in [0.4, 0.5) is 4.39 Å². The number of carbonyl (C=O) groups is 1. The van der Waals surface area contributed by atoms with Gasteiger partial charge in [-0.3, -0.25) is 4.99 Å². The number of carboxylic acid groups (broad SMARTS) is 1. The van der Waals surface area contributed by atoms with Gasteiger partial charge in [-0.1, -0.05) is 24.3 Å². The molecule has 6 heteroatoms. The van der Waals surface area contributed by atoms with Crippen LogP contribution in [0, 0.1) is 5.82 Å². The number of aliphatic imine (C=N–C) groups is 1. The van der Waals surface area contributed by atoms with E-state index in [1.54, 1.807) is 36.4 Å². The Morgan fingerprint density at radius 3 is 2.30 bits per heavy atom. The molecule has 0 fully saturated rings. The molecule has 114 valence electrons. The Morgan fingerprint density at radius 2 is 1.70 bits per heavy atom. The first-order valence-corrected chi connectivity index (χ1v) is 6.87. The summed E-state index contributed by atoms with van der Waals surface area (Å²) in [7, 11) is 0. The predicted molar refractivity (Wildman–Crippen MR) is 79.3 cm³/mol. The molecule has 0 aliphatic carbocycles. The monoisotopic (exact) mass is 323 g/mol. The molecule has 1 N–H and O–H groups in total. The van der Waals surface area contributed by atoms with Gasteiger partial charge in [-0.25, -0.2) is 4.39 Å². The number of aliphatic carboxylic acids is 1. The number of para-hydroxylation sites is 1. The number of phenols is 1. The van der Waals surface area contributed by atoms with Gasteiger partial charge in [0.05, 0.1) is 5.71 Å². The molecule has 0 saturated heterocycles. The number of carbonyl (C=O) groups excluding carboxylic acids is 1. The molecule has 0 aliphatic rings. The first-order chi connectivity index (χ1) is 10.6. The van der Waals surface area contributed by atoms with Crippen molar-refractivity contribution in [2.45, 2.75) is 12.8 Å². The third-order valence-corrected chi connectivity index (χ3v) is 3.10. The van der Waals surface area contributed by atoms with Crippen molar-refractivity contribution >= 4 is 11.7 Å². The van der Waals surface area contributed by atoms with E-state index in [9.17, 15) is 19.4 Å².